The molecule has 2 saturated carbocycles. The van der Waals surface area contributed by atoms with Crippen LogP contribution in [-0.4, -0.2) is 5.78 Å². The van der Waals surface area contributed by atoms with E-state index >= 15 is 0 Å². The number of ketones is 1. The first-order valence-electron chi connectivity index (χ1n) is 12.5. The van der Waals surface area contributed by atoms with E-state index in [0.717, 1.165) is 12.8 Å². The molecule has 2 aliphatic rings. The van der Waals surface area contributed by atoms with Crippen molar-refractivity contribution in [2.75, 3.05) is 0 Å². The Kier molecular flexibility index (Phi) is 5.63. The SMILES string of the molecule is O=C1C2C(c3ccccc3)CC(c3ccccc3)C1C(c1ccccc1)CC2c1ccccc1.[HH]. The van der Waals surface area contributed by atoms with Crippen LogP contribution in [0.25, 0.3) is 0 Å². The van der Waals surface area contributed by atoms with Gasteiger partial charge in [0.1, 0.15) is 5.78 Å². The highest BCUT2D eigenvalue weighted by Crippen LogP contribution is 2.60. The number of hydrogen-bond acceptors (Lipinski definition) is 1. The molecule has 0 saturated heterocycles. The Bertz CT molecular complexity index is 1050. The zero-order chi connectivity index (χ0) is 22.9. The second-order valence-corrected chi connectivity index (χ2v) is 9.99. The average Bonchev–Trinajstić information content (AvgIpc) is 2.91. The van der Waals surface area contributed by atoms with Gasteiger partial charge < -0.3 is 0 Å². The number of carbonyl (C=O) groups excluding carboxylic acids is 1. The van der Waals surface area contributed by atoms with E-state index in [4.69, 9.17) is 0 Å². The van der Waals surface area contributed by atoms with Gasteiger partial charge in [0.25, 0.3) is 0 Å². The topological polar surface area (TPSA) is 17.1 Å². The molecular formula is C33H32O. The van der Waals surface area contributed by atoms with Gasteiger partial charge in [0.2, 0.25) is 0 Å². The highest BCUT2D eigenvalue weighted by molar-refractivity contribution is 5.89. The summed E-state index contributed by atoms with van der Waals surface area (Å²) in [6, 6.07) is 43.1. The number of Topliss-reactive ketones (excluding diaryl/α,β-unsaturated/α-hetero) is 1. The summed E-state index contributed by atoms with van der Waals surface area (Å²) in [4.78, 5) is 14.5. The van der Waals surface area contributed by atoms with E-state index in [9.17, 15) is 4.79 Å². The van der Waals surface area contributed by atoms with Crippen molar-refractivity contribution >= 4 is 5.78 Å². The fourth-order valence-electron chi connectivity index (χ4n) is 6.88. The first kappa shape index (κ1) is 21.1. The van der Waals surface area contributed by atoms with Crippen molar-refractivity contribution in [2.24, 2.45) is 11.8 Å². The monoisotopic (exact) mass is 444 g/mol. The van der Waals surface area contributed by atoms with Gasteiger partial charge in [0, 0.05) is 13.3 Å². The number of carbonyl (C=O) groups is 1. The van der Waals surface area contributed by atoms with E-state index in [1.54, 1.807) is 0 Å². The van der Waals surface area contributed by atoms with Crippen LogP contribution in [0.3, 0.4) is 0 Å². The van der Waals surface area contributed by atoms with Crippen LogP contribution in [-0.2, 0) is 4.79 Å². The van der Waals surface area contributed by atoms with Crippen LogP contribution >= 0.6 is 0 Å². The minimum atomic E-state index is 0. The van der Waals surface area contributed by atoms with Gasteiger partial charge in [0.15, 0.2) is 0 Å². The Morgan fingerprint density at radius 3 is 0.882 bits per heavy atom. The molecule has 34 heavy (non-hydrogen) atoms. The lowest BCUT2D eigenvalue weighted by Gasteiger charge is -2.51. The van der Waals surface area contributed by atoms with Crippen molar-refractivity contribution in [1.29, 1.82) is 0 Å². The third kappa shape index (κ3) is 3.70. The van der Waals surface area contributed by atoms with Gasteiger partial charge in [-0.3, -0.25) is 4.79 Å². The summed E-state index contributed by atoms with van der Waals surface area (Å²) in [6.45, 7) is 0. The largest absolute Gasteiger partial charge is 0.299 e. The molecule has 0 radical (unpaired) electrons. The molecule has 0 amide bonds. The van der Waals surface area contributed by atoms with Crippen molar-refractivity contribution in [1.82, 2.24) is 0 Å². The molecule has 0 spiro atoms. The lowest BCUT2D eigenvalue weighted by Crippen LogP contribution is -2.48. The highest BCUT2D eigenvalue weighted by atomic mass is 16.1. The van der Waals surface area contributed by atoms with Crippen LogP contribution in [0.4, 0.5) is 0 Å². The predicted molar refractivity (Wildman–Crippen MR) is 140 cm³/mol. The molecule has 4 aromatic carbocycles. The molecular weight excluding hydrogens is 412 g/mol. The molecule has 1 heteroatoms. The smallest absolute Gasteiger partial charge is 0.141 e. The Morgan fingerprint density at radius 1 is 0.412 bits per heavy atom. The second kappa shape index (κ2) is 9.06. The molecule has 2 bridgehead atoms. The van der Waals surface area contributed by atoms with E-state index in [-0.39, 0.29) is 36.9 Å². The highest BCUT2D eigenvalue weighted by Gasteiger charge is 2.54. The summed E-state index contributed by atoms with van der Waals surface area (Å²) in [6.07, 6.45) is 2.03. The van der Waals surface area contributed by atoms with Crippen molar-refractivity contribution in [2.45, 2.75) is 36.5 Å². The van der Waals surface area contributed by atoms with Crippen molar-refractivity contribution in [3.05, 3.63) is 144 Å². The maximum absolute atomic E-state index is 14.5. The Morgan fingerprint density at radius 2 is 0.647 bits per heavy atom. The Balaban J connectivity index is 0.00000253. The molecule has 170 valence electrons. The minimum Gasteiger partial charge on any atom is -0.299 e. The summed E-state index contributed by atoms with van der Waals surface area (Å²) in [5.74, 6) is 1.44. The first-order valence-corrected chi connectivity index (χ1v) is 12.5. The molecule has 0 aliphatic heterocycles. The van der Waals surface area contributed by atoms with Crippen molar-refractivity contribution in [3.8, 4) is 0 Å². The van der Waals surface area contributed by atoms with Gasteiger partial charge >= 0.3 is 0 Å². The van der Waals surface area contributed by atoms with E-state index in [1.165, 1.54) is 22.3 Å². The van der Waals surface area contributed by atoms with Crippen molar-refractivity contribution < 1.29 is 6.22 Å². The quantitative estimate of drug-likeness (QED) is 0.312. The maximum atomic E-state index is 14.5. The summed E-state index contributed by atoms with van der Waals surface area (Å²) < 4.78 is 0. The standard InChI is InChI=1S/C33H30O.H2/c34-33-31-27(23-13-5-1-6-14-23)21-28(24-15-7-2-8-16-24)32(33)30(26-19-11-4-12-20-26)22-29(31)25-17-9-3-10-18-25;/h1-20,27-32H,21-22H2;1H. The fourth-order valence-corrected chi connectivity index (χ4v) is 6.88. The number of hydrogen-bond donors (Lipinski definition) is 0. The van der Waals surface area contributed by atoms with Gasteiger partial charge in [-0.05, 0) is 58.8 Å². The van der Waals surface area contributed by atoms with E-state index < -0.39 is 0 Å². The molecule has 1 nitrogen and oxygen atoms in total. The normalized spacial score (nSPS) is 28.4. The molecule has 0 aromatic heterocycles. The lowest BCUT2D eigenvalue weighted by atomic mass is 9.50. The first-order chi connectivity index (χ1) is 16.8. The average molecular weight is 445 g/mol. The third-order valence-corrected chi connectivity index (χ3v) is 8.32. The number of fused-ring (bicyclic) bond motifs is 2. The zero-order valence-electron chi connectivity index (χ0n) is 19.3. The lowest BCUT2D eigenvalue weighted by molar-refractivity contribution is -0.136. The molecule has 0 N–H and O–H groups in total. The number of benzene rings is 4. The molecule has 2 fully saturated rings. The van der Waals surface area contributed by atoms with Gasteiger partial charge in [0.05, 0.1) is 0 Å². The van der Waals surface area contributed by atoms with Crippen LogP contribution in [0.2, 0.25) is 0 Å². The maximum Gasteiger partial charge on any atom is 0.141 e. The van der Waals surface area contributed by atoms with Gasteiger partial charge in [-0.2, -0.15) is 0 Å². The van der Waals surface area contributed by atoms with Gasteiger partial charge in [-0.1, -0.05) is 121 Å². The summed E-state index contributed by atoms with van der Waals surface area (Å²) in [5, 5.41) is 0. The molecule has 4 unspecified atom stereocenters. The third-order valence-electron chi connectivity index (χ3n) is 8.32. The number of rotatable bonds is 4. The summed E-state index contributed by atoms with van der Waals surface area (Å²) in [5.41, 5.74) is 5.22. The minimum absolute atomic E-state index is 0. The van der Waals surface area contributed by atoms with E-state index in [1.807, 2.05) is 0 Å². The predicted octanol–water partition coefficient (Wildman–Crippen LogP) is 7.98. The van der Waals surface area contributed by atoms with Crippen LogP contribution in [0, 0.1) is 11.8 Å². The second-order valence-electron chi connectivity index (χ2n) is 9.99. The van der Waals surface area contributed by atoms with Crippen LogP contribution in [0.5, 0.6) is 0 Å². The molecule has 4 aromatic rings. The van der Waals surface area contributed by atoms with Crippen LogP contribution < -0.4 is 0 Å². The zero-order valence-corrected chi connectivity index (χ0v) is 19.3. The van der Waals surface area contributed by atoms with Crippen LogP contribution in [0.15, 0.2) is 121 Å². The van der Waals surface area contributed by atoms with Gasteiger partial charge in [-0.15, -0.1) is 0 Å². The molecule has 0 heterocycles. The Labute approximate surface area is 204 Å². The molecule has 2 aliphatic carbocycles. The van der Waals surface area contributed by atoms with Crippen molar-refractivity contribution in [3.63, 3.8) is 0 Å². The summed E-state index contributed by atoms with van der Waals surface area (Å²) >= 11 is 0. The van der Waals surface area contributed by atoms with E-state index in [0.29, 0.717) is 5.78 Å². The van der Waals surface area contributed by atoms with Gasteiger partial charge in [-0.25, -0.2) is 0 Å². The fraction of sp³-hybridized carbons (Fsp3) is 0.242. The van der Waals surface area contributed by atoms with Crippen LogP contribution in [0.1, 0.15) is 60.2 Å². The molecule has 4 atom stereocenters. The Hall–Kier alpha value is -3.45. The molecule has 6 rings (SSSR count). The van der Waals surface area contributed by atoms with E-state index in [2.05, 4.69) is 121 Å². The summed E-state index contributed by atoms with van der Waals surface area (Å²) in [7, 11) is 0.